The summed E-state index contributed by atoms with van der Waals surface area (Å²) >= 11 is 0. The van der Waals surface area contributed by atoms with Crippen LogP contribution < -0.4 is 21.5 Å². The lowest BCUT2D eigenvalue weighted by molar-refractivity contribution is -0.158. The van der Waals surface area contributed by atoms with Crippen molar-refractivity contribution in [1.29, 1.82) is 0 Å². The van der Waals surface area contributed by atoms with Crippen molar-refractivity contribution in [3.63, 3.8) is 0 Å². The van der Waals surface area contributed by atoms with Crippen LogP contribution >= 0.6 is 0 Å². The Morgan fingerprint density at radius 3 is 2.27 bits per heavy atom. The third-order valence-corrected chi connectivity index (χ3v) is 9.70. The van der Waals surface area contributed by atoms with Gasteiger partial charge in [0.1, 0.15) is 6.10 Å². The Balaban J connectivity index is 1.26. The van der Waals surface area contributed by atoms with Crippen molar-refractivity contribution >= 4 is 54.3 Å². The van der Waals surface area contributed by atoms with Crippen LogP contribution in [0.3, 0.4) is 0 Å². The van der Waals surface area contributed by atoms with Crippen LogP contribution in [0.25, 0.3) is 0 Å². The number of hydrogen-bond acceptors (Lipinski definition) is 14. The number of carbonyl (C=O) groups is 7. The minimum Gasteiger partial charge on any atom is -0.480 e. The van der Waals surface area contributed by atoms with Gasteiger partial charge in [-0.25, -0.2) is 0 Å². The van der Waals surface area contributed by atoms with Crippen LogP contribution in [0.4, 0.5) is 5.69 Å². The molecule has 0 saturated carbocycles. The smallest absolute Gasteiger partial charge is 0.475 e. The van der Waals surface area contributed by atoms with Crippen molar-refractivity contribution < 1.29 is 58.6 Å². The third-order valence-electron chi connectivity index (χ3n) is 9.70. The topological polar surface area (TPSA) is 271 Å². The van der Waals surface area contributed by atoms with Crippen LogP contribution in [0.5, 0.6) is 0 Å². The van der Waals surface area contributed by atoms with Gasteiger partial charge in [0.05, 0.1) is 37.8 Å². The molecule has 0 aliphatic carbocycles. The Morgan fingerprint density at radius 1 is 0.915 bits per heavy atom. The molecule has 0 spiro atoms. The van der Waals surface area contributed by atoms with Gasteiger partial charge in [-0.05, 0) is 62.9 Å². The van der Waals surface area contributed by atoms with Crippen molar-refractivity contribution in [2.75, 3.05) is 84.0 Å². The maximum Gasteiger partial charge on any atom is 0.475 e. The van der Waals surface area contributed by atoms with Gasteiger partial charge in [0.15, 0.2) is 0 Å². The number of amides is 4. The summed E-state index contributed by atoms with van der Waals surface area (Å²) in [5.41, 5.74) is 6.13. The molecular weight excluding hydrogens is 771 g/mol. The molecule has 2 fully saturated rings. The fraction of sp³-hybridized carbons (Fsp3) is 0.605. The monoisotopic (exact) mass is 830 g/mol. The third kappa shape index (κ3) is 19.0. The van der Waals surface area contributed by atoms with Gasteiger partial charge in [-0.1, -0.05) is 19.1 Å². The number of hydrogen-bond donors (Lipinski definition) is 8. The van der Waals surface area contributed by atoms with Gasteiger partial charge in [0.2, 0.25) is 17.7 Å². The molecule has 21 heteroatoms. The first-order valence-corrected chi connectivity index (χ1v) is 20.0. The molecule has 1 aromatic carbocycles. The van der Waals surface area contributed by atoms with E-state index in [0.29, 0.717) is 95.7 Å². The molecule has 8 N–H and O–H groups in total. The number of esters is 1. The van der Waals surface area contributed by atoms with Crippen LogP contribution in [0.2, 0.25) is 0 Å². The molecule has 326 valence electrons. The number of carbonyl (C=O) groups excluding carboxylic acids is 5. The maximum atomic E-state index is 12.5. The number of benzene rings is 1. The summed E-state index contributed by atoms with van der Waals surface area (Å²) in [5, 5.41) is 42.7. The molecule has 20 nitrogen and oxygen atoms in total. The minimum atomic E-state index is -1.63. The minimum absolute atomic E-state index is 0.0872. The van der Waals surface area contributed by atoms with Gasteiger partial charge < -0.3 is 40.5 Å². The van der Waals surface area contributed by atoms with Crippen LogP contribution in [-0.4, -0.2) is 179 Å². The van der Waals surface area contributed by atoms with E-state index in [-0.39, 0.29) is 62.9 Å². The molecule has 1 unspecified atom stereocenters. The van der Waals surface area contributed by atoms with E-state index >= 15 is 0 Å². The van der Waals surface area contributed by atoms with Gasteiger partial charge >= 0.3 is 25.0 Å². The Morgan fingerprint density at radius 2 is 1.61 bits per heavy atom. The molecule has 0 radical (unpaired) electrons. The Kier molecular flexibility index (Phi) is 21.4. The number of allylic oxidation sites excluding steroid dienone is 1. The van der Waals surface area contributed by atoms with Crippen molar-refractivity contribution in [1.82, 2.24) is 35.7 Å². The van der Waals surface area contributed by atoms with Crippen LogP contribution in [0.15, 0.2) is 36.4 Å². The Labute approximate surface area is 344 Å². The second-order valence-corrected chi connectivity index (χ2v) is 14.5. The highest BCUT2D eigenvalue weighted by atomic mass is 16.5. The van der Waals surface area contributed by atoms with Gasteiger partial charge in [-0.15, -0.1) is 0 Å². The zero-order valence-corrected chi connectivity index (χ0v) is 33.7. The number of carboxylic acid groups (broad SMARTS) is 2. The fourth-order valence-electron chi connectivity index (χ4n) is 6.72. The molecule has 59 heavy (non-hydrogen) atoms. The molecule has 0 bridgehead atoms. The number of carboxylic acids is 2. The van der Waals surface area contributed by atoms with Crippen LogP contribution in [0.1, 0.15) is 68.6 Å². The molecule has 2 heterocycles. The van der Waals surface area contributed by atoms with E-state index in [9.17, 15) is 48.7 Å². The maximum absolute atomic E-state index is 12.5. The fourth-order valence-corrected chi connectivity index (χ4v) is 6.72. The van der Waals surface area contributed by atoms with Crippen molar-refractivity contribution in [2.24, 2.45) is 0 Å². The van der Waals surface area contributed by atoms with Crippen molar-refractivity contribution in [3.8, 4) is 0 Å². The zero-order valence-electron chi connectivity index (χ0n) is 33.7. The summed E-state index contributed by atoms with van der Waals surface area (Å²) in [4.78, 5) is 91.2. The first-order chi connectivity index (χ1) is 28.2. The molecule has 4 amide bonds. The van der Waals surface area contributed by atoms with Crippen LogP contribution in [0, 0.1) is 0 Å². The van der Waals surface area contributed by atoms with E-state index < -0.39 is 36.8 Å². The number of morpholine rings is 1. The molecule has 2 saturated heterocycles. The summed E-state index contributed by atoms with van der Waals surface area (Å²) in [6.45, 7) is 4.82. The number of nitrogens with one attached hydrogen (secondary N) is 4. The molecule has 1 aromatic rings. The Hall–Kier alpha value is -5.09. The average molecular weight is 831 g/mol. The highest BCUT2D eigenvalue weighted by molar-refractivity contribution is 6.43. The molecule has 2 aliphatic rings. The largest absolute Gasteiger partial charge is 0.480 e. The summed E-state index contributed by atoms with van der Waals surface area (Å²) in [5.74, 6) is -4.34. The van der Waals surface area contributed by atoms with E-state index in [1.165, 1.54) is 17.0 Å². The van der Waals surface area contributed by atoms with Crippen molar-refractivity contribution in [3.05, 3.63) is 42.0 Å². The second-order valence-electron chi connectivity index (χ2n) is 14.5. The number of nitrogens with zero attached hydrogens (tertiary/aromatic N) is 4. The summed E-state index contributed by atoms with van der Waals surface area (Å²) in [6.07, 6.45) is 6.92. The molecule has 0 aromatic heterocycles. The predicted molar refractivity (Wildman–Crippen MR) is 215 cm³/mol. The number of anilines is 1. The summed E-state index contributed by atoms with van der Waals surface area (Å²) in [7, 11) is -1.63. The lowest BCUT2D eigenvalue weighted by atomic mass is 9.78. The normalized spacial score (nSPS) is 16.9. The number of ether oxygens (including phenoxy) is 1. The predicted octanol–water partition coefficient (Wildman–Crippen LogP) is -1.10. The number of likely N-dealkylation sites (tertiary alicyclic amines) is 1. The lowest BCUT2D eigenvalue weighted by Crippen LogP contribution is -2.49. The standard InChI is InChI=1S/C38H59BN8O12/c1-2-17-44(25-35(51)52)19-20-45(26-36(53)54)21-22-46-24-30(59-37(55)27-46)8-4-3-5-10-32(48)40-16-6-11-33(49)43-42-29-14-12-28(13-15-29)38(56)41-23-34(50)47-18-7-9-31(47)39(57)58/h3-4,12-15,30-31,42,57-58H,2,5-11,16-27H2,1H3,(H,40,48)(H,41,56)(H,43,49)(H,51,52)(H,53,54)/b4-3+/t30?,31-/m0/s1. The van der Waals surface area contributed by atoms with E-state index in [2.05, 4.69) is 21.5 Å². The van der Waals surface area contributed by atoms with Gasteiger partial charge in [-0.2, -0.15) is 0 Å². The van der Waals surface area contributed by atoms with E-state index in [4.69, 9.17) is 9.84 Å². The summed E-state index contributed by atoms with van der Waals surface area (Å²) < 4.78 is 5.48. The zero-order chi connectivity index (χ0) is 43.2. The number of aliphatic carboxylic acids is 2. The number of hydrazine groups is 1. The summed E-state index contributed by atoms with van der Waals surface area (Å²) in [6, 6.07) is 6.21. The highest BCUT2D eigenvalue weighted by Gasteiger charge is 2.36. The average Bonchev–Trinajstić information content (AvgIpc) is 3.69. The molecule has 2 aliphatic heterocycles. The van der Waals surface area contributed by atoms with E-state index in [0.717, 1.165) is 6.42 Å². The SMILES string of the molecule is CCCN(CCN(CCN1CC(=O)OC(C/C=C/CCC(=O)NCCCC(=O)NNc2ccc(C(=O)NCC(=O)N3CCC[C@H]3B(O)O)cc2)C1)CC(=O)O)CC(=O)O. The molecular formula is C38H59BN8O12. The Bertz CT molecular complexity index is 1580. The molecule has 2 atom stereocenters. The number of cyclic esters (lactones) is 1. The molecule has 3 rings (SSSR count). The number of rotatable bonds is 27. The first kappa shape index (κ1) is 48.3. The van der Waals surface area contributed by atoms with Gasteiger partial charge in [0.25, 0.3) is 5.91 Å². The lowest BCUT2D eigenvalue weighted by Gasteiger charge is -2.33. The van der Waals surface area contributed by atoms with Gasteiger partial charge in [0, 0.05) is 70.6 Å². The quantitative estimate of drug-likeness (QED) is 0.0172. The van der Waals surface area contributed by atoms with E-state index in [1.54, 1.807) is 21.9 Å². The van der Waals surface area contributed by atoms with E-state index in [1.807, 2.05) is 24.0 Å². The van der Waals surface area contributed by atoms with Crippen molar-refractivity contribution in [2.45, 2.75) is 70.3 Å². The second kappa shape index (κ2) is 26.1. The highest BCUT2D eigenvalue weighted by Crippen LogP contribution is 2.18. The van der Waals surface area contributed by atoms with Gasteiger partial charge in [-0.3, -0.25) is 59.1 Å². The van der Waals surface area contributed by atoms with Crippen LogP contribution in [-0.2, 0) is 33.5 Å². The first-order valence-electron chi connectivity index (χ1n) is 20.0.